The van der Waals surface area contributed by atoms with Crippen LogP contribution in [-0.2, 0) is 6.42 Å². The van der Waals surface area contributed by atoms with Crippen molar-refractivity contribution in [3.8, 4) is 0 Å². The van der Waals surface area contributed by atoms with Crippen LogP contribution in [0.2, 0.25) is 0 Å². The van der Waals surface area contributed by atoms with Gasteiger partial charge in [-0.05, 0) is 39.3 Å². The SMILES string of the molecule is CCC(C)(C(O)Cc1nccs1)N1CCCC1. The number of hydrogen-bond donors (Lipinski definition) is 1. The van der Waals surface area contributed by atoms with Gasteiger partial charge in [0.05, 0.1) is 11.1 Å². The quantitative estimate of drug-likeness (QED) is 0.876. The average molecular weight is 254 g/mol. The molecule has 2 atom stereocenters. The molecular formula is C13H22N2OS. The van der Waals surface area contributed by atoms with Crippen LogP contribution >= 0.6 is 11.3 Å². The Bertz CT molecular complexity index is 335. The number of aromatic nitrogens is 1. The molecule has 17 heavy (non-hydrogen) atoms. The number of likely N-dealkylation sites (tertiary alicyclic amines) is 1. The zero-order valence-electron chi connectivity index (χ0n) is 10.7. The molecule has 2 heterocycles. The summed E-state index contributed by atoms with van der Waals surface area (Å²) in [5.41, 5.74) is -0.0951. The van der Waals surface area contributed by atoms with E-state index in [0.717, 1.165) is 24.5 Å². The Balaban J connectivity index is 2.05. The Morgan fingerprint density at radius 2 is 2.24 bits per heavy atom. The van der Waals surface area contributed by atoms with E-state index in [4.69, 9.17) is 0 Å². The average Bonchev–Trinajstić information content (AvgIpc) is 3.00. The van der Waals surface area contributed by atoms with Crippen molar-refractivity contribution in [3.05, 3.63) is 16.6 Å². The first-order valence-electron chi connectivity index (χ1n) is 6.48. The standard InChI is InChI=1S/C13H22N2OS/c1-3-13(2,15-7-4-5-8-15)11(16)10-12-14-6-9-17-12/h6,9,11,16H,3-5,7-8,10H2,1-2H3. The lowest BCUT2D eigenvalue weighted by Gasteiger charge is -2.41. The van der Waals surface area contributed by atoms with Gasteiger partial charge < -0.3 is 5.11 Å². The first-order valence-corrected chi connectivity index (χ1v) is 7.36. The fourth-order valence-corrected chi connectivity index (χ4v) is 3.29. The van der Waals surface area contributed by atoms with Crippen molar-refractivity contribution in [2.75, 3.05) is 13.1 Å². The maximum absolute atomic E-state index is 10.5. The van der Waals surface area contributed by atoms with Crippen LogP contribution in [0.4, 0.5) is 0 Å². The van der Waals surface area contributed by atoms with Crippen molar-refractivity contribution >= 4 is 11.3 Å². The van der Waals surface area contributed by atoms with Gasteiger partial charge in [-0.25, -0.2) is 4.98 Å². The van der Waals surface area contributed by atoms with Gasteiger partial charge in [0, 0.05) is 23.5 Å². The van der Waals surface area contributed by atoms with E-state index in [0.29, 0.717) is 6.42 Å². The second-order valence-electron chi connectivity index (χ2n) is 5.05. The molecule has 2 unspecified atom stereocenters. The second kappa shape index (κ2) is 5.46. The molecule has 0 aliphatic carbocycles. The molecule has 0 aromatic carbocycles. The Morgan fingerprint density at radius 3 is 2.76 bits per heavy atom. The van der Waals surface area contributed by atoms with Crippen LogP contribution in [-0.4, -0.2) is 39.7 Å². The van der Waals surface area contributed by atoms with Crippen molar-refractivity contribution in [1.29, 1.82) is 0 Å². The summed E-state index contributed by atoms with van der Waals surface area (Å²) in [6.07, 6.45) is 5.68. The number of rotatable bonds is 5. The van der Waals surface area contributed by atoms with Gasteiger partial charge in [0.25, 0.3) is 0 Å². The summed E-state index contributed by atoms with van der Waals surface area (Å²) in [5, 5.41) is 13.5. The normalized spacial score (nSPS) is 22.5. The van der Waals surface area contributed by atoms with E-state index < -0.39 is 0 Å². The molecule has 3 nitrogen and oxygen atoms in total. The summed E-state index contributed by atoms with van der Waals surface area (Å²) in [6, 6.07) is 0. The highest BCUT2D eigenvalue weighted by molar-refractivity contribution is 7.09. The fourth-order valence-electron chi connectivity index (χ4n) is 2.64. The second-order valence-corrected chi connectivity index (χ2v) is 6.03. The first kappa shape index (κ1) is 13.0. The number of aliphatic hydroxyl groups is 1. The molecule has 0 amide bonds. The summed E-state index contributed by atoms with van der Waals surface area (Å²) in [6.45, 7) is 6.61. The summed E-state index contributed by atoms with van der Waals surface area (Å²) < 4.78 is 0. The molecule has 2 rings (SSSR count). The molecule has 0 spiro atoms. The summed E-state index contributed by atoms with van der Waals surface area (Å²) in [5.74, 6) is 0. The van der Waals surface area contributed by atoms with Gasteiger partial charge in [0.15, 0.2) is 0 Å². The molecule has 0 bridgehead atoms. The highest BCUT2D eigenvalue weighted by Gasteiger charge is 2.38. The Kier molecular flexibility index (Phi) is 4.17. The van der Waals surface area contributed by atoms with E-state index in [-0.39, 0.29) is 11.6 Å². The predicted molar refractivity (Wildman–Crippen MR) is 71.3 cm³/mol. The number of nitrogens with zero attached hydrogens (tertiary/aromatic N) is 2. The van der Waals surface area contributed by atoms with E-state index in [1.165, 1.54) is 12.8 Å². The minimum absolute atomic E-state index is 0.0951. The van der Waals surface area contributed by atoms with Gasteiger partial charge in [-0.15, -0.1) is 11.3 Å². The van der Waals surface area contributed by atoms with Gasteiger partial charge in [0.1, 0.15) is 0 Å². The molecule has 0 saturated carbocycles. The van der Waals surface area contributed by atoms with E-state index in [2.05, 4.69) is 23.7 Å². The maximum atomic E-state index is 10.5. The Morgan fingerprint density at radius 1 is 1.53 bits per heavy atom. The van der Waals surface area contributed by atoms with Crippen molar-refractivity contribution in [2.45, 2.75) is 51.2 Å². The molecule has 1 aliphatic heterocycles. The number of hydrogen-bond acceptors (Lipinski definition) is 4. The van der Waals surface area contributed by atoms with Crippen LogP contribution in [0.3, 0.4) is 0 Å². The van der Waals surface area contributed by atoms with Crippen LogP contribution in [0.1, 0.15) is 38.1 Å². The molecule has 4 heteroatoms. The van der Waals surface area contributed by atoms with Crippen LogP contribution in [0.15, 0.2) is 11.6 Å². The lowest BCUT2D eigenvalue weighted by atomic mass is 9.88. The fraction of sp³-hybridized carbons (Fsp3) is 0.769. The summed E-state index contributed by atoms with van der Waals surface area (Å²) in [7, 11) is 0. The van der Waals surface area contributed by atoms with Crippen LogP contribution in [0, 0.1) is 0 Å². The molecule has 1 aromatic heterocycles. The summed E-state index contributed by atoms with van der Waals surface area (Å²) >= 11 is 1.63. The predicted octanol–water partition coefficient (Wildman–Crippen LogP) is 2.31. The molecular weight excluding hydrogens is 232 g/mol. The van der Waals surface area contributed by atoms with Crippen molar-refractivity contribution in [2.24, 2.45) is 0 Å². The topological polar surface area (TPSA) is 36.4 Å². The highest BCUT2D eigenvalue weighted by atomic mass is 32.1. The molecule has 96 valence electrons. The Hall–Kier alpha value is -0.450. The smallest absolute Gasteiger partial charge is 0.0951 e. The number of thiazole rings is 1. The van der Waals surface area contributed by atoms with Gasteiger partial charge in [-0.2, -0.15) is 0 Å². The third-order valence-electron chi connectivity index (χ3n) is 4.11. The van der Waals surface area contributed by atoms with E-state index in [1.54, 1.807) is 11.3 Å². The van der Waals surface area contributed by atoms with Gasteiger partial charge in [-0.3, -0.25) is 4.90 Å². The number of aliphatic hydroxyl groups excluding tert-OH is 1. The third-order valence-corrected chi connectivity index (χ3v) is 4.92. The monoisotopic (exact) mass is 254 g/mol. The highest BCUT2D eigenvalue weighted by Crippen LogP contribution is 2.29. The van der Waals surface area contributed by atoms with Crippen molar-refractivity contribution in [3.63, 3.8) is 0 Å². The lowest BCUT2D eigenvalue weighted by Crippen LogP contribution is -2.53. The Labute approximate surface area is 107 Å². The zero-order chi connectivity index (χ0) is 12.3. The molecule has 1 saturated heterocycles. The van der Waals surface area contributed by atoms with Crippen molar-refractivity contribution < 1.29 is 5.11 Å². The van der Waals surface area contributed by atoms with Crippen molar-refractivity contribution in [1.82, 2.24) is 9.88 Å². The van der Waals surface area contributed by atoms with E-state index >= 15 is 0 Å². The maximum Gasteiger partial charge on any atom is 0.0951 e. The van der Waals surface area contributed by atoms with E-state index in [1.807, 2.05) is 11.6 Å². The van der Waals surface area contributed by atoms with Crippen LogP contribution in [0.25, 0.3) is 0 Å². The lowest BCUT2D eigenvalue weighted by molar-refractivity contribution is -0.0117. The molecule has 1 aliphatic rings. The molecule has 1 aromatic rings. The van der Waals surface area contributed by atoms with E-state index in [9.17, 15) is 5.11 Å². The van der Waals surface area contributed by atoms with Gasteiger partial charge >= 0.3 is 0 Å². The van der Waals surface area contributed by atoms with Crippen LogP contribution < -0.4 is 0 Å². The van der Waals surface area contributed by atoms with Crippen LogP contribution in [0.5, 0.6) is 0 Å². The molecule has 1 N–H and O–H groups in total. The summed E-state index contributed by atoms with van der Waals surface area (Å²) in [4.78, 5) is 6.72. The molecule has 0 radical (unpaired) electrons. The minimum atomic E-state index is -0.322. The van der Waals surface area contributed by atoms with Gasteiger partial charge in [-0.1, -0.05) is 6.92 Å². The third kappa shape index (κ3) is 2.69. The largest absolute Gasteiger partial charge is 0.391 e. The minimum Gasteiger partial charge on any atom is -0.391 e. The first-order chi connectivity index (χ1) is 8.16. The zero-order valence-corrected chi connectivity index (χ0v) is 11.5. The molecule has 1 fully saturated rings. The van der Waals surface area contributed by atoms with Gasteiger partial charge in [0.2, 0.25) is 0 Å².